The van der Waals surface area contributed by atoms with Crippen molar-refractivity contribution < 1.29 is 4.79 Å². The summed E-state index contributed by atoms with van der Waals surface area (Å²) in [7, 11) is 0. The maximum absolute atomic E-state index is 11.8. The molecule has 6 nitrogen and oxygen atoms in total. The van der Waals surface area contributed by atoms with Crippen LogP contribution in [-0.2, 0) is 0 Å². The zero-order valence-electron chi connectivity index (χ0n) is 9.22. The van der Waals surface area contributed by atoms with Crippen molar-refractivity contribution in [1.29, 1.82) is 0 Å². The molecule has 1 N–H and O–H groups in total. The lowest BCUT2D eigenvalue weighted by molar-refractivity contribution is 0.102. The maximum atomic E-state index is 11.8. The summed E-state index contributed by atoms with van der Waals surface area (Å²) < 4.78 is 1.95. The van der Waals surface area contributed by atoms with Crippen LogP contribution in [0.2, 0.25) is 4.47 Å². The molecule has 8 heteroatoms. The van der Waals surface area contributed by atoms with Crippen LogP contribution in [0.1, 0.15) is 29.7 Å². The first-order chi connectivity index (χ1) is 8.08. The number of rotatable bonds is 3. The first-order valence-corrected chi connectivity index (χ1v) is 6.11. The Balaban J connectivity index is 2.16. The van der Waals surface area contributed by atoms with Gasteiger partial charge in [-0.05, 0) is 25.4 Å². The molecule has 2 aromatic heterocycles. The third-order valence-corrected chi connectivity index (χ3v) is 3.01. The first kappa shape index (κ1) is 12.0. The minimum absolute atomic E-state index is 0.165. The second-order valence-corrected chi connectivity index (χ2v) is 5.13. The molecule has 2 aromatic rings. The second kappa shape index (κ2) is 4.80. The van der Waals surface area contributed by atoms with Gasteiger partial charge in [-0.1, -0.05) is 11.3 Å². The third-order valence-electron chi connectivity index (χ3n) is 2.00. The third kappa shape index (κ3) is 2.62. The predicted octanol–water partition coefficient (Wildman–Crippen LogP) is 2.22. The van der Waals surface area contributed by atoms with Gasteiger partial charge in [0.15, 0.2) is 0 Å². The molecule has 0 atom stereocenters. The number of hydrogen-bond acceptors (Lipinski definition) is 5. The highest BCUT2D eigenvalue weighted by molar-refractivity contribution is 7.17. The highest BCUT2D eigenvalue weighted by Gasteiger charge is 2.15. The largest absolute Gasteiger partial charge is 0.305 e. The topological polar surface area (TPSA) is 72.7 Å². The smallest absolute Gasteiger partial charge is 0.287 e. The molecule has 0 bridgehead atoms. The van der Waals surface area contributed by atoms with E-state index in [1.807, 2.05) is 13.8 Å². The zero-order chi connectivity index (χ0) is 12.4. The number of hydrogen-bond donors (Lipinski definition) is 1. The number of nitrogens with one attached hydrogen (secondary N) is 1. The molecular formula is C9H10ClN5OS. The number of aromatic nitrogens is 4. The number of carbonyl (C=O) groups excluding carboxylic acids is 1. The van der Waals surface area contributed by atoms with Crippen LogP contribution in [0.4, 0.5) is 5.82 Å². The van der Waals surface area contributed by atoms with E-state index < -0.39 is 0 Å². The van der Waals surface area contributed by atoms with Crippen LogP contribution in [0.3, 0.4) is 0 Å². The minimum Gasteiger partial charge on any atom is -0.305 e. The Morgan fingerprint density at radius 3 is 2.88 bits per heavy atom. The highest BCUT2D eigenvalue weighted by Crippen LogP contribution is 2.18. The number of nitrogens with zero attached hydrogens (tertiary/aromatic N) is 4. The molecule has 0 fully saturated rings. The van der Waals surface area contributed by atoms with Crippen molar-refractivity contribution in [2.45, 2.75) is 19.9 Å². The Bertz CT molecular complexity index is 535. The lowest BCUT2D eigenvalue weighted by atomic mass is 10.4. The van der Waals surface area contributed by atoms with Crippen LogP contribution in [0.15, 0.2) is 12.3 Å². The Labute approximate surface area is 107 Å². The van der Waals surface area contributed by atoms with Gasteiger partial charge >= 0.3 is 0 Å². The van der Waals surface area contributed by atoms with Crippen molar-refractivity contribution in [3.05, 3.63) is 21.7 Å². The molecule has 0 aromatic carbocycles. The summed E-state index contributed by atoms with van der Waals surface area (Å²) in [5.74, 6) is 0.285. The summed E-state index contributed by atoms with van der Waals surface area (Å²) in [5.41, 5.74) is 0. The monoisotopic (exact) mass is 271 g/mol. The average Bonchev–Trinajstić information content (AvgIpc) is 2.86. The average molecular weight is 272 g/mol. The minimum atomic E-state index is -0.336. The molecule has 2 rings (SSSR count). The fraction of sp³-hybridized carbons (Fsp3) is 0.333. The molecule has 17 heavy (non-hydrogen) atoms. The van der Waals surface area contributed by atoms with Crippen molar-refractivity contribution in [3.63, 3.8) is 0 Å². The van der Waals surface area contributed by atoms with Crippen molar-refractivity contribution >= 4 is 34.7 Å². The van der Waals surface area contributed by atoms with Gasteiger partial charge in [0.1, 0.15) is 5.82 Å². The number of amides is 1. The van der Waals surface area contributed by atoms with Crippen LogP contribution in [0.25, 0.3) is 0 Å². The molecule has 0 aliphatic rings. The number of halogens is 1. The standard InChI is InChI=1S/C9H10ClN5OS/c1-5(2)15-6(3-4-11-15)12-7(16)8-13-14-9(10)17-8/h3-5H,1-2H3,(H,12,16). The van der Waals surface area contributed by atoms with E-state index in [1.54, 1.807) is 16.9 Å². The Kier molecular flexibility index (Phi) is 3.39. The van der Waals surface area contributed by atoms with Crippen molar-refractivity contribution in [1.82, 2.24) is 20.0 Å². The van der Waals surface area contributed by atoms with Crippen LogP contribution < -0.4 is 5.32 Å². The molecule has 0 saturated heterocycles. The van der Waals surface area contributed by atoms with Gasteiger partial charge < -0.3 is 5.32 Å². The zero-order valence-corrected chi connectivity index (χ0v) is 10.8. The van der Waals surface area contributed by atoms with Crippen LogP contribution in [0, 0.1) is 0 Å². The van der Waals surface area contributed by atoms with E-state index in [0.29, 0.717) is 5.82 Å². The molecule has 90 valence electrons. The van der Waals surface area contributed by atoms with E-state index in [-0.39, 0.29) is 21.4 Å². The van der Waals surface area contributed by atoms with E-state index in [2.05, 4.69) is 20.6 Å². The quantitative estimate of drug-likeness (QED) is 0.929. The van der Waals surface area contributed by atoms with Crippen LogP contribution in [-0.4, -0.2) is 25.9 Å². The first-order valence-electron chi connectivity index (χ1n) is 4.92. The molecule has 0 aliphatic carbocycles. The Morgan fingerprint density at radius 1 is 1.53 bits per heavy atom. The fourth-order valence-corrected chi connectivity index (χ4v) is 2.02. The van der Waals surface area contributed by atoms with Crippen molar-refractivity contribution in [3.8, 4) is 0 Å². The summed E-state index contributed by atoms with van der Waals surface area (Å²) in [6.07, 6.45) is 1.63. The van der Waals surface area contributed by atoms with Crippen LogP contribution >= 0.6 is 22.9 Å². The molecular weight excluding hydrogens is 262 g/mol. The van der Waals surface area contributed by atoms with Gasteiger partial charge in [0.2, 0.25) is 9.47 Å². The summed E-state index contributed by atoms with van der Waals surface area (Å²) >= 11 is 6.65. The van der Waals surface area contributed by atoms with E-state index in [1.165, 1.54) is 0 Å². The normalized spacial score (nSPS) is 10.8. The van der Waals surface area contributed by atoms with Gasteiger partial charge in [0, 0.05) is 12.1 Å². The fourth-order valence-electron chi connectivity index (χ4n) is 1.29. The van der Waals surface area contributed by atoms with Gasteiger partial charge in [-0.25, -0.2) is 4.68 Å². The van der Waals surface area contributed by atoms with Gasteiger partial charge in [0.05, 0.1) is 6.20 Å². The van der Waals surface area contributed by atoms with Gasteiger partial charge in [-0.15, -0.1) is 10.2 Å². The van der Waals surface area contributed by atoms with E-state index >= 15 is 0 Å². The molecule has 0 radical (unpaired) electrons. The van der Waals surface area contributed by atoms with E-state index in [0.717, 1.165) is 11.3 Å². The Hall–Kier alpha value is -1.47. The van der Waals surface area contributed by atoms with Crippen molar-refractivity contribution in [2.24, 2.45) is 0 Å². The molecule has 0 saturated carbocycles. The molecule has 0 spiro atoms. The van der Waals surface area contributed by atoms with Gasteiger partial charge in [0.25, 0.3) is 5.91 Å². The predicted molar refractivity (Wildman–Crippen MR) is 65.5 cm³/mol. The summed E-state index contributed by atoms with van der Waals surface area (Å²) in [4.78, 5) is 11.8. The molecule has 2 heterocycles. The second-order valence-electron chi connectivity index (χ2n) is 3.57. The maximum Gasteiger partial charge on any atom is 0.287 e. The summed E-state index contributed by atoms with van der Waals surface area (Å²) in [5, 5.41) is 14.3. The highest BCUT2D eigenvalue weighted by atomic mass is 35.5. The van der Waals surface area contributed by atoms with E-state index in [9.17, 15) is 4.79 Å². The van der Waals surface area contributed by atoms with E-state index in [4.69, 9.17) is 11.6 Å². The number of carbonyl (C=O) groups is 1. The Morgan fingerprint density at radius 2 is 2.29 bits per heavy atom. The SMILES string of the molecule is CC(C)n1nccc1NC(=O)c1nnc(Cl)s1. The van der Waals surface area contributed by atoms with Gasteiger partial charge in [-0.2, -0.15) is 5.10 Å². The summed E-state index contributed by atoms with van der Waals surface area (Å²) in [6.45, 7) is 3.95. The lowest BCUT2D eigenvalue weighted by Gasteiger charge is -2.10. The summed E-state index contributed by atoms with van der Waals surface area (Å²) in [6, 6.07) is 1.89. The van der Waals surface area contributed by atoms with Crippen LogP contribution in [0.5, 0.6) is 0 Å². The lowest BCUT2D eigenvalue weighted by Crippen LogP contribution is -2.16. The molecule has 1 amide bonds. The van der Waals surface area contributed by atoms with Crippen molar-refractivity contribution in [2.75, 3.05) is 5.32 Å². The number of anilines is 1. The van der Waals surface area contributed by atoms with Gasteiger partial charge in [-0.3, -0.25) is 4.79 Å². The molecule has 0 aliphatic heterocycles. The molecule has 0 unspecified atom stereocenters.